The molecule has 0 aromatic carbocycles. The molecule has 0 bridgehead atoms. The molecule has 0 aliphatic heterocycles. The molecule has 0 heteroatoms. The van der Waals surface area contributed by atoms with Crippen molar-refractivity contribution in [3.05, 3.63) is 12.7 Å². The Labute approximate surface area is 61.0 Å². The minimum absolute atomic E-state index is 0.833. The number of hydrogen-bond acceptors (Lipinski definition) is 0. The molecule has 58 valence electrons. The van der Waals surface area contributed by atoms with Gasteiger partial charge in [-0.25, -0.2) is 0 Å². The van der Waals surface area contributed by atoms with E-state index in [1.165, 1.54) is 0 Å². The van der Waals surface area contributed by atoms with Crippen molar-refractivity contribution in [3.8, 4) is 0 Å². The highest BCUT2D eigenvalue weighted by atomic mass is 13.7. The lowest BCUT2D eigenvalue weighted by Gasteiger charge is -1.79. The van der Waals surface area contributed by atoms with E-state index in [2.05, 4.69) is 27.4 Å². The summed E-state index contributed by atoms with van der Waals surface area (Å²) in [4.78, 5) is 0. The molecule has 0 aliphatic rings. The van der Waals surface area contributed by atoms with E-state index < -0.39 is 0 Å². The van der Waals surface area contributed by atoms with Crippen LogP contribution in [0.25, 0.3) is 0 Å². The summed E-state index contributed by atoms with van der Waals surface area (Å²) in [7, 11) is 0. The van der Waals surface area contributed by atoms with Crippen LogP contribution < -0.4 is 0 Å². The van der Waals surface area contributed by atoms with E-state index in [0.717, 1.165) is 5.92 Å². The summed E-state index contributed by atoms with van der Waals surface area (Å²) in [5.74, 6) is 0.833. The molecule has 0 rings (SSSR count). The minimum Gasteiger partial charge on any atom is -0.103 e. The topological polar surface area (TPSA) is 0 Å². The van der Waals surface area contributed by atoms with Gasteiger partial charge in [0.1, 0.15) is 0 Å². The second kappa shape index (κ2) is 25.1. The van der Waals surface area contributed by atoms with Crippen LogP contribution in [0, 0.1) is 5.92 Å². The molecular weight excluding hydrogens is 108 g/mol. The van der Waals surface area contributed by atoms with E-state index in [9.17, 15) is 0 Å². The summed E-state index contributed by atoms with van der Waals surface area (Å²) in [6.07, 6.45) is 1.75. The van der Waals surface area contributed by atoms with Crippen LogP contribution >= 0.6 is 0 Å². The quantitative estimate of drug-likeness (QED) is 0.436. The molecule has 0 fully saturated rings. The highest BCUT2D eigenvalue weighted by Crippen LogP contribution is 1.81. The molecule has 0 nitrogen and oxygen atoms in total. The third kappa shape index (κ3) is 3770. The lowest BCUT2D eigenvalue weighted by molar-refractivity contribution is 0.737. The standard InChI is InChI=1S/C4H10.C3H6.C2H6/c1-4(2)3;1-3-2;1-2/h4H,1-3H3;3H,1H2,2H3;1-2H3. The molecule has 0 aromatic rings. The van der Waals surface area contributed by atoms with Gasteiger partial charge in [0.25, 0.3) is 0 Å². The lowest BCUT2D eigenvalue weighted by Crippen LogP contribution is -1.66. The Morgan fingerprint density at radius 1 is 1.11 bits per heavy atom. The van der Waals surface area contributed by atoms with Crippen LogP contribution in [0.15, 0.2) is 12.7 Å². The molecule has 0 aromatic heterocycles. The molecule has 0 atom stereocenters. The Morgan fingerprint density at radius 3 is 1.11 bits per heavy atom. The van der Waals surface area contributed by atoms with Crippen LogP contribution in [0.5, 0.6) is 0 Å². The van der Waals surface area contributed by atoms with Gasteiger partial charge in [-0.15, -0.1) is 6.58 Å². The molecule has 0 heterocycles. The molecular formula is C9H22. The van der Waals surface area contributed by atoms with Gasteiger partial charge in [0, 0.05) is 0 Å². The molecule has 0 saturated carbocycles. The summed E-state index contributed by atoms with van der Waals surface area (Å²) in [6.45, 7) is 15.7. The van der Waals surface area contributed by atoms with E-state index in [1.54, 1.807) is 6.08 Å². The maximum atomic E-state index is 3.36. The van der Waals surface area contributed by atoms with Gasteiger partial charge < -0.3 is 0 Å². The first kappa shape index (κ1) is 15.9. The van der Waals surface area contributed by atoms with Crippen molar-refractivity contribution in [2.75, 3.05) is 0 Å². The molecule has 0 saturated heterocycles. The average molecular weight is 130 g/mol. The van der Waals surface area contributed by atoms with Gasteiger partial charge in [-0.05, 0) is 12.8 Å². The van der Waals surface area contributed by atoms with Crippen molar-refractivity contribution >= 4 is 0 Å². The van der Waals surface area contributed by atoms with Crippen molar-refractivity contribution in [1.82, 2.24) is 0 Å². The number of rotatable bonds is 0. The second-order valence-corrected chi connectivity index (χ2v) is 2.14. The molecule has 0 spiro atoms. The SMILES string of the molecule is C=CC.CC.CC(C)C. The van der Waals surface area contributed by atoms with Gasteiger partial charge in [-0.2, -0.15) is 0 Å². The first-order valence-corrected chi connectivity index (χ1v) is 3.72. The van der Waals surface area contributed by atoms with Crippen LogP contribution in [0.1, 0.15) is 41.5 Å². The second-order valence-electron chi connectivity index (χ2n) is 2.14. The largest absolute Gasteiger partial charge is 0.103 e. The normalized spacial score (nSPS) is 6.11. The Morgan fingerprint density at radius 2 is 1.11 bits per heavy atom. The minimum atomic E-state index is 0.833. The van der Waals surface area contributed by atoms with Crippen molar-refractivity contribution in [2.24, 2.45) is 5.92 Å². The van der Waals surface area contributed by atoms with Gasteiger partial charge in [-0.3, -0.25) is 0 Å². The van der Waals surface area contributed by atoms with Gasteiger partial charge in [0.2, 0.25) is 0 Å². The van der Waals surface area contributed by atoms with Crippen molar-refractivity contribution in [2.45, 2.75) is 41.5 Å². The zero-order valence-corrected chi connectivity index (χ0v) is 7.86. The fourth-order valence-corrected chi connectivity index (χ4v) is 0. The molecule has 0 N–H and O–H groups in total. The zero-order chi connectivity index (χ0) is 8.28. The summed E-state index contributed by atoms with van der Waals surface area (Å²) < 4.78 is 0. The summed E-state index contributed by atoms with van der Waals surface area (Å²) in [5.41, 5.74) is 0. The fraction of sp³-hybridized carbons (Fsp3) is 0.778. The molecule has 0 radical (unpaired) electrons. The Hall–Kier alpha value is -0.260. The van der Waals surface area contributed by atoms with E-state index in [1.807, 2.05) is 20.8 Å². The third-order valence-electron chi connectivity index (χ3n) is 0. The first-order chi connectivity index (χ1) is 4.15. The lowest BCUT2D eigenvalue weighted by atomic mass is 10.3. The van der Waals surface area contributed by atoms with Crippen LogP contribution in [0.2, 0.25) is 0 Å². The van der Waals surface area contributed by atoms with E-state index in [4.69, 9.17) is 0 Å². The Kier molecular flexibility index (Phi) is 44.4. The van der Waals surface area contributed by atoms with Crippen LogP contribution in [-0.4, -0.2) is 0 Å². The molecule has 0 amide bonds. The third-order valence-corrected chi connectivity index (χ3v) is 0. The van der Waals surface area contributed by atoms with Crippen LogP contribution in [0.4, 0.5) is 0 Å². The Balaban J connectivity index is -0.0000000646. The monoisotopic (exact) mass is 130 g/mol. The van der Waals surface area contributed by atoms with Gasteiger partial charge in [-0.1, -0.05) is 40.7 Å². The van der Waals surface area contributed by atoms with E-state index >= 15 is 0 Å². The first-order valence-electron chi connectivity index (χ1n) is 3.72. The molecule has 0 aliphatic carbocycles. The maximum absolute atomic E-state index is 3.36. The Bertz CT molecular complexity index is 24.3. The predicted octanol–water partition coefficient (Wildman–Crippen LogP) is 3.88. The van der Waals surface area contributed by atoms with Crippen molar-refractivity contribution in [1.29, 1.82) is 0 Å². The molecule has 9 heavy (non-hydrogen) atoms. The highest BCUT2D eigenvalue weighted by Gasteiger charge is 1.68. The van der Waals surface area contributed by atoms with Crippen LogP contribution in [-0.2, 0) is 0 Å². The van der Waals surface area contributed by atoms with E-state index in [0.29, 0.717) is 0 Å². The highest BCUT2D eigenvalue weighted by molar-refractivity contribution is 4.51. The summed E-state index contributed by atoms with van der Waals surface area (Å²) in [5, 5.41) is 0. The molecule has 0 unspecified atom stereocenters. The fourth-order valence-electron chi connectivity index (χ4n) is 0. The zero-order valence-electron chi connectivity index (χ0n) is 7.86. The van der Waals surface area contributed by atoms with Gasteiger partial charge in [0.15, 0.2) is 0 Å². The summed E-state index contributed by atoms with van der Waals surface area (Å²) >= 11 is 0. The summed E-state index contributed by atoms with van der Waals surface area (Å²) in [6, 6.07) is 0. The average Bonchev–Trinajstić information content (AvgIpc) is 1.71. The maximum Gasteiger partial charge on any atom is -0.0473 e. The number of hydrogen-bond donors (Lipinski definition) is 0. The predicted molar refractivity (Wildman–Crippen MR) is 47.7 cm³/mol. The van der Waals surface area contributed by atoms with Gasteiger partial charge in [0.05, 0.1) is 0 Å². The number of allylic oxidation sites excluding steroid dienone is 1. The van der Waals surface area contributed by atoms with E-state index in [-0.39, 0.29) is 0 Å². The van der Waals surface area contributed by atoms with Crippen molar-refractivity contribution in [3.63, 3.8) is 0 Å². The van der Waals surface area contributed by atoms with Crippen molar-refractivity contribution < 1.29 is 0 Å². The van der Waals surface area contributed by atoms with Crippen LogP contribution in [0.3, 0.4) is 0 Å². The van der Waals surface area contributed by atoms with Gasteiger partial charge >= 0.3 is 0 Å². The smallest absolute Gasteiger partial charge is 0.0473 e.